The second-order valence-electron chi connectivity index (χ2n) is 1.72. The van der Waals surface area contributed by atoms with E-state index in [1.54, 1.807) is 0 Å². The van der Waals surface area contributed by atoms with Crippen LogP contribution in [0.2, 0.25) is 0 Å². The second-order valence-corrected chi connectivity index (χ2v) is 1.72. The molecule has 0 spiro atoms. The maximum absolute atomic E-state index is 10.5. The van der Waals surface area contributed by atoms with Crippen molar-refractivity contribution in [3.05, 3.63) is 17.4 Å². The van der Waals surface area contributed by atoms with Gasteiger partial charge in [-0.25, -0.2) is 0 Å². The van der Waals surface area contributed by atoms with Crippen LogP contribution in [0.1, 0.15) is 0 Å². The van der Waals surface area contributed by atoms with Crippen molar-refractivity contribution in [3.8, 4) is 0 Å². The lowest BCUT2D eigenvalue weighted by atomic mass is 10.2. The number of ketones is 1. The van der Waals surface area contributed by atoms with Gasteiger partial charge in [-0.1, -0.05) is 0 Å². The normalized spacial score (nSPS) is 26.1. The Kier molecular flexibility index (Phi) is 1.32. The Balaban J connectivity index is 2.86. The first kappa shape index (κ1) is 5.97. The molecule has 0 bridgehead atoms. The summed E-state index contributed by atoms with van der Waals surface area (Å²) < 4.78 is 0.419. The molecule has 0 amide bonds. The molecule has 0 aromatic rings. The number of hydrogen-bond acceptors (Lipinski definition) is 3. The van der Waals surface area contributed by atoms with Crippen molar-refractivity contribution >= 4 is 12.0 Å². The third kappa shape index (κ3) is 0.972. The van der Waals surface area contributed by atoms with Crippen molar-refractivity contribution in [1.29, 1.82) is 0 Å². The molecule has 0 saturated heterocycles. The van der Waals surface area contributed by atoms with Crippen LogP contribution in [0, 0.1) is 5.21 Å². The number of nitrogens with two attached hydrogens (primary N) is 1. The molecule has 48 valence electrons. The maximum Gasteiger partial charge on any atom is 0.277 e. The molecule has 4 heteroatoms. The van der Waals surface area contributed by atoms with Gasteiger partial charge in [-0.2, -0.15) is 4.74 Å². The van der Waals surface area contributed by atoms with Crippen molar-refractivity contribution < 1.29 is 9.53 Å². The standard InChI is InChI=1S/C5H6N2O2/c6-5-4(8)2-1-3-7(5)9/h1-3,5H,6H2. The van der Waals surface area contributed by atoms with Gasteiger partial charge in [-0.05, 0) is 6.08 Å². The number of nitrogens with zero attached hydrogens (tertiary/aromatic N) is 1. The fourth-order valence-corrected chi connectivity index (χ4v) is 0.539. The van der Waals surface area contributed by atoms with Gasteiger partial charge in [0.1, 0.15) is 0 Å². The topological polar surface area (TPSA) is 69.2 Å². The monoisotopic (exact) mass is 126 g/mol. The molecule has 0 saturated carbocycles. The van der Waals surface area contributed by atoms with Gasteiger partial charge < -0.3 is 5.21 Å². The molecule has 1 atom stereocenters. The van der Waals surface area contributed by atoms with Gasteiger partial charge in [-0.15, -0.1) is 0 Å². The Morgan fingerprint density at radius 3 is 2.89 bits per heavy atom. The summed E-state index contributed by atoms with van der Waals surface area (Å²) in [4.78, 5) is 10.5. The van der Waals surface area contributed by atoms with Gasteiger partial charge in [0.25, 0.3) is 6.17 Å². The Morgan fingerprint density at radius 1 is 1.78 bits per heavy atom. The molecule has 0 aromatic heterocycles. The highest BCUT2D eigenvalue weighted by molar-refractivity contribution is 5.97. The Morgan fingerprint density at radius 2 is 2.44 bits per heavy atom. The Hall–Kier alpha value is -1.16. The van der Waals surface area contributed by atoms with Crippen molar-refractivity contribution in [2.75, 3.05) is 0 Å². The summed E-state index contributed by atoms with van der Waals surface area (Å²) in [5, 5.41) is 10.5. The zero-order valence-corrected chi connectivity index (χ0v) is 4.65. The van der Waals surface area contributed by atoms with Gasteiger partial charge in [0, 0.05) is 6.08 Å². The van der Waals surface area contributed by atoms with E-state index < -0.39 is 6.17 Å². The van der Waals surface area contributed by atoms with Crippen molar-refractivity contribution in [3.63, 3.8) is 0 Å². The molecule has 0 aromatic carbocycles. The summed E-state index contributed by atoms with van der Waals surface area (Å²) in [6.07, 6.45) is 2.83. The summed E-state index contributed by atoms with van der Waals surface area (Å²) in [7, 11) is 0. The highest BCUT2D eigenvalue weighted by atomic mass is 16.5. The van der Waals surface area contributed by atoms with Crippen molar-refractivity contribution in [2.45, 2.75) is 6.17 Å². The SMILES string of the molecule is NC1C(=O)C=CC=[N+]1[O-]. The molecule has 1 aliphatic heterocycles. The first-order valence-electron chi connectivity index (χ1n) is 2.48. The number of carbonyl (C=O) groups excluding carboxylic acids is 1. The predicted octanol–water partition coefficient (Wildman–Crippen LogP) is -1.01. The largest absolute Gasteiger partial charge is 0.622 e. The predicted molar refractivity (Wildman–Crippen MR) is 31.8 cm³/mol. The van der Waals surface area contributed by atoms with E-state index in [0.29, 0.717) is 4.74 Å². The summed E-state index contributed by atoms with van der Waals surface area (Å²) in [5.74, 6) is -0.354. The Labute approximate surface area is 51.9 Å². The third-order valence-corrected chi connectivity index (χ3v) is 1.06. The molecule has 1 rings (SSSR count). The minimum Gasteiger partial charge on any atom is -0.622 e. The van der Waals surface area contributed by atoms with Gasteiger partial charge in [-0.3, -0.25) is 10.5 Å². The third-order valence-electron chi connectivity index (χ3n) is 1.06. The van der Waals surface area contributed by atoms with Crippen LogP contribution in [0.4, 0.5) is 0 Å². The molecule has 9 heavy (non-hydrogen) atoms. The quantitative estimate of drug-likeness (QED) is 0.334. The van der Waals surface area contributed by atoms with Gasteiger partial charge in [0.2, 0.25) is 5.78 Å². The van der Waals surface area contributed by atoms with Gasteiger partial charge in [0.05, 0.1) is 0 Å². The summed E-state index contributed by atoms with van der Waals surface area (Å²) in [6, 6.07) is 0. The zero-order chi connectivity index (χ0) is 6.85. The minimum absolute atomic E-state index is 0.354. The lowest BCUT2D eigenvalue weighted by Gasteiger charge is -2.10. The lowest BCUT2D eigenvalue weighted by molar-refractivity contribution is -0.479. The molecule has 4 nitrogen and oxygen atoms in total. The molecule has 1 heterocycles. The van der Waals surface area contributed by atoms with Crippen molar-refractivity contribution in [1.82, 2.24) is 0 Å². The van der Waals surface area contributed by atoms with E-state index in [4.69, 9.17) is 5.73 Å². The van der Waals surface area contributed by atoms with E-state index in [0.717, 1.165) is 0 Å². The number of allylic oxidation sites excluding steroid dienone is 1. The van der Waals surface area contributed by atoms with Crippen LogP contribution in [-0.4, -0.2) is 22.9 Å². The first-order chi connectivity index (χ1) is 4.22. The van der Waals surface area contributed by atoms with E-state index in [1.165, 1.54) is 18.4 Å². The second kappa shape index (κ2) is 1.99. The van der Waals surface area contributed by atoms with Crippen LogP contribution in [-0.2, 0) is 4.79 Å². The average molecular weight is 126 g/mol. The fourth-order valence-electron chi connectivity index (χ4n) is 0.539. The summed E-state index contributed by atoms with van der Waals surface area (Å²) >= 11 is 0. The van der Waals surface area contributed by atoms with Gasteiger partial charge in [0.15, 0.2) is 6.21 Å². The fraction of sp³-hybridized carbons (Fsp3) is 0.200. The Bertz CT molecular complexity index is 195. The van der Waals surface area contributed by atoms with Crippen LogP contribution in [0.25, 0.3) is 0 Å². The zero-order valence-electron chi connectivity index (χ0n) is 4.65. The molecule has 0 aliphatic carbocycles. The van der Waals surface area contributed by atoms with Gasteiger partial charge >= 0.3 is 0 Å². The van der Waals surface area contributed by atoms with Crippen LogP contribution in [0.15, 0.2) is 12.2 Å². The molecule has 2 N–H and O–H groups in total. The number of hydrogen-bond donors (Lipinski definition) is 1. The smallest absolute Gasteiger partial charge is 0.277 e. The molecular formula is C5H6N2O2. The first-order valence-corrected chi connectivity index (χ1v) is 2.48. The molecule has 0 fully saturated rings. The van der Waals surface area contributed by atoms with E-state index in [2.05, 4.69) is 0 Å². The number of rotatable bonds is 0. The van der Waals surface area contributed by atoms with E-state index in [-0.39, 0.29) is 5.78 Å². The number of carbonyl (C=O) groups is 1. The minimum atomic E-state index is -1.03. The van der Waals surface area contributed by atoms with Crippen LogP contribution in [0.5, 0.6) is 0 Å². The molecule has 0 radical (unpaired) electrons. The average Bonchev–Trinajstić information content (AvgIpc) is 1.83. The summed E-state index contributed by atoms with van der Waals surface area (Å²) in [5.41, 5.74) is 5.10. The number of hydroxylamine groups is 1. The molecule has 1 unspecified atom stereocenters. The highest BCUT2D eigenvalue weighted by Gasteiger charge is 2.19. The van der Waals surface area contributed by atoms with Crippen LogP contribution < -0.4 is 5.73 Å². The maximum atomic E-state index is 10.5. The van der Waals surface area contributed by atoms with E-state index >= 15 is 0 Å². The molecular weight excluding hydrogens is 120 g/mol. The van der Waals surface area contributed by atoms with E-state index in [9.17, 15) is 10.0 Å². The lowest BCUT2D eigenvalue weighted by Crippen LogP contribution is -2.40. The van der Waals surface area contributed by atoms with Crippen LogP contribution in [0.3, 0.4) is 0 Å². The van der Waals surface area contributed by atoms with Crippen molar-refractivity contribution in [2.24, 2.45) is 5.73 Å². The molecule has 1 aliphatic rings. The summed E-state index contributed by atoms with van der Waals surface area (Å²) in [6.45, 7) is 0. The van der Waals surface area contributed by atoms with E-state index in [1.807, 2.05) is 0 Å². The highest BCUT2D eigenvalue weighted by Crippen LogP contribution is 1.90. The van der Waals surface area contributed by atoms with Crippen LogP contribution >= 0.6 is 0 Å².